The Morgan fingerprint density at radius 2 is 1.73 bits per heavy atom. The minimum absolute atomic E-state index is 0.0221. The molecule has 0 bridgehead atoms. The van der Waals surface area contributed by atoms with Crippen molar-refractivity contribution in [2.24, 2.45) is 0 Å². The van der Waals surface area contributed by atoms with E-state index in [9.17, 15) is 4.79 Å². The van der Waals surface area contributed by atoms with E-state index in [4.69, 9.17) is 0 Å². The molecule has 1 N–H and O–H groups in total. The Balaban J connectivity index is 1.69. The third-order valence-corrected chi connectivity index (χ3v) is 4.32. The van der Waals surface area contributed by atoms with E-state index in [1.807, 2.05) is 73.7 Å². The number of benzene rings is 2. The molecule has 0 aliphatic carbocycles. The molecule has 1 amide bonds. The second kappa shape index (κ2) is 6.62. The van der Waals surface area contributed by atoms with E-state index >= 15 is 0 Å². The fourth-order valence-corrected chi connectivity index (χ4v) is 2.94. The van der Waals surface area contributed by atoms with Crippen LogP contribution in [-0.2, 0) is 4.79 Å². The third kappa shape index (κ3) is 3.46. The molecule has 0 fully saturated rings. The zero-order valence-electron chi connectivity index (χ0n) is 12.2. The standard InChI is InChI=1S/C18H16N2OS/c1-13(18(21)19-15-8-3-2-4-9-15)22-17-12-11-14-7-5-6-10-16(14)20-17/h2-13H,1H3,(H,19,21)/t13-/m0/s1. The van der Waals surface area contributed by atoms with Gasteiger partial charge in [-0.05, 0) is 31.2 Å². The van der Waals surface area contributed by atoms with Crippen LogP contribution in [0.2, 0.25) is 0 Å². The van der Waals surface area contributed by atoms with E-state index in [1.165, 1.54) is 11.8 Å². The molecule has 2 aromatic carbocycles. The van der Waals surface area contributed by atoms with E-state index in [0.29, 0.717) is 0 Å². The summed E-state index contributed by atoms with van der Waals surface area (Å²) in [6.45, 7) is 1.89. The summed E-state index contributed by atoms with van der Waals surface area (Å²) >= 11 is 1.46. The summed E-state index contributed by atoms with van der Waals surface area (Å²) in [5, 5.41) is 4.66. The SMILES string of the molecule is C[C@H](Sc1ccc2ccccc2n1)C(=O)Nc1ccccc1. The maximum Gasteiger partial charge on any atom is 0.237 e. The molecule has 0 unspecified atom stereocenters. The molecular weight excluding hydrogens is 292 g/mol. The van der Waals surface area contributed by atoms with Crippen LogP contribution in [0.4, 0.5) is 5.69 Å². The topological polar surface area (TPSA) is 42.0 Å². The summed E-state index contributed by atoms with van der Waals surface area (Å²) < 4.78 is 0. The Labute approximate surface area is 133 Å². The summed E-state index contributed by atoms with van der Waals surface area (Å²) in [4.78, 5) is 16.8. The Hall–Kier alpha value is -2.33. The number of hydrogen-bond acceptors (Lipinski definition) is 3. The molecule has 1 heterocycles. The van der Waals surface area contributed by atoms with E-state index in [0.717, 1.165) is 21.6 Å². The van der Waals surface area contributed by atoms with Crippen LogP contribution < -0.4 is 5.32 Å². The van der Waals surface area contributed by atoms with Crippen LogP contribution >= 0.6 is 11.8 Å². The van der Waals surface area contributed by atoms with Crippen molar-refractivity contribution in [2.75, 3.05) is 5.32 Å². The number of nitrogens with zero attached hydrogens (tertiary/aromatic N) is 1. The number of thioether (sulfide) groups is 1. The molecule has 3 nitrogen and oxygen atoms in total. The van der Waals surface area contributed by atoms with Crippen molar-refractivity contribution in [1.29, 1.82) is 0 Å². The van der Waals surface area contributed by atoms with E-state index in [2.05, 4.69) is 10.3 Å². The summed E-state index contributed by atoms with van der Waals surface area (Å²) in [7, 11) is 0. The van der Waals surface area contributed by atoms with Crippen LogP contribution in [0.15, 0.2) is 71.8 Å². The lowest BCUT2D eigenvalue weighted by Gasteiger charge is -2.11. The van der Waals surface area contributed by atoms with Gasteiger partial charge in [-0.25, -0.2) is 4.98 Å². The van der Waals surface area contributed by atoms with Crippen molar-refractivity contribution >= 4 is 34.3 Å². The van der Waals surface area contributed by atoms with Gasteiger partial charge < -0.3 is 5.32 Å². The van der Waals surface area contributed by atoms with Gasteiger partial charge in [0, 0.05) is 11.1 Å². The van der Waals surface area contributed by atoms with Gasteiger partial charge >= 0.3 is 0 Å². The summed E-state index contributed by atoms with van der Waals surface area (Å²) in [6.07, 6.45) is 0. The van der Waals surface area contributed by atoms with Crippen molar-refractivity contribution in [3.63, 3.8) is 0 Å². The number of rotatable bonds is 4. The number of pyridine rings is 1. The lowest BCUT2D eigenvalue weighted by molar-refractivity contribution is -0.115. The molecule has 110 valence electrons. The van der Waals surface area contributed by atoms with Gasteiger partial charge in [0.2, 0.25) is 5.91 Å². The first-order valence-corrected chi connectivity index (χ1v) is 7.99. The number of hydrogen-bond donors (Lipinski definition) is 1. The first kappa shape index (κ1) is 14.6. The molecule has 0 spiro atoms. The van der Waals surface area contributed by atoms with Crippen LogP contribution in [0, 0.1) is 0 Å². The number of aromatic nitrogens is 1. The molecule has 0 saturated heterocycles. The summed E-state index contributed by atoms with van der Waals surface area (Å²) in [5.41, 5.74) is 1.76. The van der Waals surface area contributed by atoms with Gasteiger partial charge in [-0.1, -0.05) is 54.2 Å². The minimum atomic E-state index is -0.214. The number of anilines is 1. The van der Waals surface area contributed by atoms with Gasteiger partial charge in [0.25, 0.3) is 0 Å². The monoisotopic (exact) mass is 308 g/mol. The van der Waals surface area contributed by atoms with Crippen LogP contribution in [0.1, 0.15) is 6.92 Å². The zero-order chi connectivity index (χ0) is 15.4. The first-order valence-electron chi connectivity index (χ1n) is 7.11. The fraction of sp³-hybridized carbons (Fsp3) is 0.111. The highest BCUT2D eigenvalue weighted by Gasteiger charge is 2.15. The molecule has 1 atom stereocenters. The highest BCUT2D eigenvalue weighted by atomic mass is 32.2. The van der Waals surface area contributed by atoms with Crippen molar-refractivity contribution in [2.45, 2.75) is 17.2 Å². The second-order valence-electron chi connectivity index (χ2n) is 4.96. The van der Waals surface area contributed by atoms with Gasteiger partial charge in [0.1, 0.15) is 0 Å². The number of carbonyl (C=O) groups is 1. The molecule has 3 aromatic rings. The van der Waals surface area contributed by atoms with Crippen molar-refractivity contribution in [1.82, 2.24) is 4.98 Å². The highest BCUT2D eigenvalue weighted by Crippen LogP contribution is 2.24. The number of fused-ring (bicyclic) bond motifs is 1. The predicted octanol–water partition coefficient (Wildman–Crippen LogP) is 4.35. The first-order chi connectivity index (χ1) is 10.7. The normalized spacial score (nSPS) is 12.0. The van der Waals surface area contributed by atoms with E-state index in [-0.39, 0.29) is 11.2 Å². The fourth-order valence-electron chi connectivity index (χ4n) is 2.11. The van der Waals surface area contributed by atoms with E-state index < -0.39 is 0 Å². The number of amides is 1. The number of para-hydroxylation sites is 2. The molecule has 3 rings (SSSR count). The van der Waals surface area contributed by atoms with Crippen LogP contribution in [0.5, 0.6) is 0 Å². The van der Waals surface area contributed by atoms with Crippen LogP contribution in [0.3, 0.4) is 0 Å². The minimum Gasteiger partial charge on any atom is -0.325 e. The van der Waals surface area contributed by atoms with Crippen LogP contribution in [-0.4, -0.2) is 16.1 Å². The lowest BCUT2D eigenvalue weighted by Crippen LogP contribution is -2.22. The summed E-state index contributed by atoms with van der Waals surface area (Å²) in [6, 6.07) is 21.4. The molecule has 0 aliphatic heterocycles. The maximum atomic E-state index is 12.2. The molecular formula is C18H16N2OS. The smallest absolute Gasteiger partial charge is 0.237 e. The molecule has 0 radical (unpaired) electrons. The Bertz CT molecular complexity index is 789. The molecule has 0 aliphatic rings. The Kier molecular flexibility index (Phi) is 4.39. The maximum absolute atomic E-state index is 12.2. The van der Waals surface area contributed by atoms with Gasteiger partial charge in [-0.15, -0.1) is 0 Å². The largest absolute Gasteiger partial charge is 0.325 e. The third-order valence-electron chi connectivity index (χ3n) is 3.28. The van der Waals surface area contributed by atoms with Crippen molar-refractivity contribution in [3.8, 4) is 0 Å². The zero-order valence-corrected chi connectivity index (χ0v) is 13.0. The van der Waals surface area contributed by atoms with Crippen molar-refractivity contribution in [3.05, 3.63) is 66.7 Å². The Morgan fingerprint density at radius 1 is 1.00 bits per heavy atom. The molecule has 1 aromatic heterocycles. The molecule has 0 saturated carbocycles. The van der Waals surface area contributed by atoms with Gasteiger partial charge in [-0.2, -0.15) is 0 Å². The average Bonchev–Trinajstić information content (AvgIpc) is 2.55. The highest BCUT2D eigenvalue weighted by molar-refractivity contribution is 8.00. The number of carbonyl (C=O) groups excluding carboxylic acids is 1. The molecule has 4 heteroatoms. The second-order valence-corrected chi connectivity index (χ2v) is 6.32. The average molecular weight is 308 g/mol. The van der Waals surface area contributed by atoms with E-state index in [1.54, 1.807) is 0 Å². The van der Waals surface area contributed by atoms with Gasteiger partial charge in [-0.3, -0.25) is 4.79 Å². The lowest BCUT2D eigenvalue weighted by atomic mass is 10.2. The predicted molar refractivity (Wildman–Crippen MR) is 92.1 cm³/mol. The van der Waals surface area contributed by atoms with Crippen molar-refractivity contribution < 1.29 is 4.79 Å². The number of nitrogens with one attached hydrogen (secondary N) is 1. The van der Waals surface area contributed by atoms with Crippen LogP contribution in [0.25, 0.3) is 10.9 Å². The van der Waals surface area contributed by atoms with Gasteiger partial charge in [0.05, 0.1) is 15.8 Å². The molecule has 22 heavy (non-hydrogen) atoms. The van der Waals surface area contributed by atoms with Gasteiger partial charge in [0.15, 0.2) is 0 Å². The quantitative estimate of drug-likeness (QED) is 0.728. The Morgan fingerprint density at radius 3 is 2.55 bits per heavy atom. The summed E-state index contributed by atoms with van der Waals surface area (Å²) in [5.74, 6) is -0.0221.